The largest absolute Gasteiger partial charge is 0.284 e. The smallest absolute Gasteiger partial charge is 0.229 e. The van der Waals surface area contributed by atoms with Gasteiger partial charge in [0.2, 0.25) is 10.0 Å². The van der Waals surface area contributed by atoms with E-state index in [1.54, 1.807) is 12.1 Å². The molecule has 5 nitrogen and oxygen atoms in total. The van der Waals surface area contributed by atoms with E-state index in [0.717, 1.165) is 34.3 Å². The molecule has 1 aromatic heterocycles. The van der Waals surface area contributed by atoms with E-state index in [1.807, 2.05) is 23.7 Å². The normalized spacial score (nSPS) is 11.8. The molecule has 1 N–H and O–H groups in total. The van der Waals surface area contributed by atoms with Crippen molar-refractivity contribution in [3.8, 4) is 16.9 Å². The molecule has 0 saturated carbocycles. The van der Waals surface area contributed by atoms with Crippen LogP contribution in [0.5, 0.6) is 0 Å². The number of hydrogen-bond donors (Lipinski definition) is 1. The van der Waals surface area contributed by atoms with Crippen LogP contribution in [0.2, 0.25) is 0 Å². The van der Waals surface area contributed by atoms with Crippen molar-refractivity contribution in [2.24, 2.45) is 0 Å². The zero-order chi connectivity index (χ0) is 21.6. The van der Waals surface area contributed by atoms with E-state index < -0.39 is 10.0 Å². The Balaban J connectivity index is 1.66. The second kappa shape index (κ2) is 7.25. The second-order valence-electron chi connectivity index (χ2n) is 7.69. The van der Waals surface area contributed by atoms with E-state index in [1.165, 1.54) is 16.2 Å². The maximum Gasteiger partial charge on any atom is 0.229 e. The van der Waals surface area contributed by atoms with Crippen LogP contribution >= 0.6 is 0 Å². The fourth-order valence-electron chi connectivity index (χ4n) is 4.04. The first-order valence-corrected chi connectivity index (χ1v) is 11.8. The number of benzene rings is 4. The molecule has 0 aliphatic carbocycles. The van der Waals surface area contributed by atoms with Gasteiger partial charge in [-0.25, -0.2) is 13.1 Å². The number of nitrogens with one attached hydrogen (secondary N) is 1. The maximum atomic E-state index is 11.5. The molecule has 0 fully saturated rings. The van der Waals surface area contributed by atoms with Gasteiger partial charge >= 0.3 is 0 Å². The van der Waals surface area contributed by atoms with Crippen molar-refractivity contribution in [2.75, 3.05) is 11.0 Å². The van der Waals surface area contributed by atoms with Crippen molar-refractivity contribution in [1.29, 1.82) is 0 Å². The summed E-state index contributed by atoms with van der Waals surface area (Å²) < 4.78 is 27.4. The first-order chi connectivity index (χ1) is 14.9. The SMILES string of the molecule is Cc1cc(-c2cccc3c2ccc2ccccc23)n(-c2ccc(NS(C)(=O)=O)cc2)n1. The number of aryl methyl sites for hydroxylation is 1. The Bertz CT molecular complexity index is 1530. The summed E-state index contributed by atoms with van der Waals surface area (Å²) in [6, 6.07) is 28.4. The topological polar surface area (TPSA) is 64.0 Å². The molecule has 0 unspecified atom stereocenters. The van der Waals surface area contributed by atoms with Crippen LogP contribution in [0.15, 0.2) is 84.9 Å². The van der Waals surface area contributed by atoms with Crippen molar-refractivity contribution < 1.29 is 8.42 Å². The third kappa shape index (κ3) is 3.66. The van der Waals surface area contributed by atoms with Crippen LogP contribution in [0, 0.1) is 6.92 Å². The van der Waals surface area contributed by atoms with Gasteiger partial charge in [0.05, 0.1) is 23.3 Å². The molecule has 5 aromatic rings. The minimum Gasteiger partial charge on any atom is -0.284 e. The number of sulfonamides is 1. The molecule has 0 amide bonds. The molecular weight excluding hydrogens is 406 g/mol. The first-order valence-electron chi connectivity index (χ1n) is 9.95. The number of fused-ring (bicyclic) bond motifs is 3. The van der Waals surface area contributed by atoms with E-state index >= 15 is 0 Å². The lowest BCUT2D eigenvalue weighted by Crippen LogP contribution is -2.09. The number of anilines is 1. The minimum atomic E-state index is -3.32. The number of aromatic nitrogens is 2. The van der Waals surface area contributed by atoms with Crippen molar-refractivity contribution in [1.82, 2.24) is 9.78 Å². The molecule has 0 bridgehead atoms. The predicted octanol–water partition coefficient (Wildman–Crippen LogP) is 5.53. The van der Waals surface area contributed by atoms with Gasteiger partial charge in [-0.3, -0.25) is 4.72 Å². The van der Waals surface area contributed by atoms with Crippen LogP contribution in [0.4, 0.5) is 5.69 Å². The van der Waals surface area contributed by atoms with Gasteiger partial charge < -0.3 is 0 Å². The maximum absolute atomic E-state index is 11.5. The van der Waals surface area contributed by atoms with Crippen LogP contribution in [0.25, 0.3) is 38.5 Å². The third-order valence-electron chi connectivity index (χ3n) is 5.31. The Kier molecular flexibility index (Phi) is 4.52. The van der Waals surface area contributed by atoms with Crippen LogP contribution in [0.3, 0.4) is 0 Å². The summed E-state index contributed by atoms with van der Waals surface area (Å²) in [5.74, 6) is 0. The van der Waals surface area contributed by atoms with Crippen molar-refractivity contribution in [3.05, 3.63) is 90.6 Å². The summed E-state index contributed by atoms with van der Waals surface area (Å²) in [5.41, 5.74) is 4.38. The van der Waals surface area contributed by atoms with E-state index in [0.29, 0.717) is 5.69 Å². The van der Waals surface area contributed by atoms with E-state index in [4.69, 9.17) is 5.10 Å². The third-order valence-corrected chi connectivity index (χ3v) is 5.92. The molecule has 154 valence electrons. The predicted molar refractivity (Wildman–Crippen MR) is 127 cm³/mol. The highest BCUT2D eigenvalue weighted by molar-refractivity contribution is 7.92. The average molecular weight is 428 g/mol. The van der Waals surface area contributed by atoms with E-state index in [2.05, 4.69) is 65.4 Å². The molecule has 0 aliphatic heterocycles. The molecule has 31 heavy (non-hydrogen) atoms. The number of nitrogens with zero attached hydrogens (tertiary/aromatic N) is 2. The first kappa shape index (κ1) is 19.3. The summed E-state index contributed by atoms with van der Waals surface area (Å²) >= 11 is 0. The summed E-state index contributed by atoms with van der Waals surface area (Å²) in [6.07, 6.45) is 1.14. The fourth-order valence-corrected chi connectivity index (χ4v) is 4.60. The van der Waals surface area contributed by atoms with Crippen molar-refractivity contribution >= 4 is 37.3 Å². The van der Waals surface area contributed by atoms with Gasteiger partial charge in [-0.15, -0.1) is 0 Å². The average Bonchev–Trinajstić information content (AvgIpc) is 3.14. The lowest BCUT2D eigenvalue weighted by atomic mass is 9.97. The molecule has 6 heteroatoms. The van der Waals surface area contributed by atoms with Gasteiger partial charge in [0.15, 0.2) is 0 Å². The zero-order valence-electron chi connectivity index (χ0n) is 17.2. The van der Waals surface area contributed by atoms with E-state index in [9.17, 15) is 8.42 Å². The highest BCUT2D eigenvalue weighted by Gasteiger charge is 2.14. The molecule has 0 aliphatic rings. The highest BCUT2D eigenvalue weighted by Crippen LogP contribution is 2.34. The summed E-state index contributed by atoms with van der Waals surface area (Å²) in [5, 5.41) is 9.51. The van der Waals surface area contributed by atoms with Crippen molar-refractivity contribution in [3.63, 3.8) is 0 Å². The Morgan fingerprint density at radius 3 is 2.32 bits per heavy atom. The fraction of sp³-hybridized carbons (Fsp3) is 0.0800. The summed E-state index contributed by atoms with van der Waals surface area (Å²) in [6.45, 7) is 1.97. The second-order valence-corrected chi connectivity index (χ2v) is 9.44. The Morgan fingerprint density at radius 2 is 1.55 bits per heavy atom. The number of hydrogen-bond acceptors (Lipinski definition) is 3. The van der Waals surface area contributed by atoms with Gasteiger partial charge in [0, 0.05) is 11.3 Å². The zero-order valence-corrected chi connectivity index (χ0v) is 18.0. The highest BCUT2D eigenvalue weighted by atomic mass is 32.2. The number of rotatable bonds is 4. The standard InChI is InChI=1S/C25H21N3O2S/c1-17-16-25(28(26-17)20-13-11-19(12-14-20)27-31(2,29)30)24-9-5-8-22-21-7-4-3-6-18(21)10-15-23(22)24/h3-16,27H,1-2H3. The summed E-state index contributed by atoms with van der Waals surface area (Å²) in [4.78, 5) is 0. The van der Waals surface area contributed by atoms with Gasteiger partial charge in [-0.2, -0.15) is 5.10 Å². The molecule has 0 spiro atoms. The molecule has 5 rings (SSSR count). The van der Waals surface area contributed by atoms with Crippen LogP contribution in [-0.4, -0.2) is 24.5 Å². The van der Waals surface area contributed by atoms with Gasteiger partial charge in [-0.1, -0.05) is 54.6 Å². The lowest BCUT2D eigenvalue weighted by Gasteiger charge is -2.12. The Labute approximate surface area is 181 Å². The Morgan fingerprint density at radius 1 is 0.806 bits per heavy atom. The van der Waals surface area contributed by atoms with Crippen LogP contribution < -0.4 is 4.72 Å². The summed E-state index contributed by atoms with van der Waals surface area (Å²) in [7, 11) is -3.32. The molecule has 0 atom stereocenters. The minimum absolute atomic E-state index is 0.522. The van der Waals surface area contributed by atoms with Gasteiger partial charge in [0.25, 0.3) is 0 Å². The monoisotopic (exact) mass is 427 g/mol. The molecule has 0 saturated heterocycles. The molecule has 1 heterocycles. The van der Waals surface area contributed by atoms with Crippen LogP contribution in [0.1, 0.15) is 5.69 Å². The Hall–Kier alpha value is -3.64. The van der Waals surface area contributed by atoms with Gasteiger partial charge in [0.1, 0.15) is 0 Å². The molecule has 0 radical (unpaired) electrons. The van der Waals surface area contributed by atoms with Crippen molar-refractivity contribution in [2.45, 2.75) is 6.92 Å². The quantitative estimate of drug-likeness (QED) is 0.384. The lowest BCUT2D eigenvalue weighted by molar-refractivity contribution is 0.607. The van der Waals surface area contributed by atoms with Gasteiger partial charge in [-0.05, 0) is 58.8 Å². The molecule has 4 aromatic carbocycles. The van der Waals surface area contributed by atoms with Crippen LogP contribution in [-0.2, 0) is 10.0 Å². The van der Waals surface area contributed by atoms with E-state index in [-0.39, 0.29) is 0 Å². The molecular formula is C25H21N3O2S.